The summed E-state index contributed by atoms with van der Waals surface area (Å²) in [4.78, 5) is 27.6. The third-order valence-electron chi connectivity index (χ3n) is 5.33. The quantitative estimate of drug-likeness (QED) is 0.625. The molecule has 2 aliphatic heterocycles. The van der Waals surface area contributed by atoms with E-state index in [9.17, 15) is 14.0 Å². The van der Waals surface area contributed by atoms with Crippen molar-refractivity contribution in [1.29, 1.82) is 0 Å². The van der Waals surface area contributed by atoms with E-state index in [4.69, 9.17) is 9.47 Å². The molecular weight excluding hydrogens is 411 g/mol. The molecule has 2 amide bonds. The summed E-state index contributed by atoms with van der Waals surface area (Å²) in [5.74, 6) is -0.731. The summed E-state index contributed by atoms with van der Waals surface area (Å²) in [5.41, 5.74) is 2.27. The molecule has 0 atom stereocenters. The minimum atomic E-state index is -0.655. The first-order valence-electron chi connectivity index (χ1n) is 10.1. The lowest BCUT2D eigenvalue weighted by atomic mass is 10.0. The number of nitrogens with one attached hydrogen (secondary N) is 1. The van der Waals surface area contributed by atoms with Gasteiger partial charge in [0.1, 0.15) is 24.7 Å². The molecule has 0 bridgehead atoms. The first kappa shape index (κ1) is 19.8. The number of ether oxygens (including phenoxy) is 2. The van der Waals surface area contributed by atoms with Gasteiger partial charge in [-0.15, -0.1) is 0 Å². The lowest BCUT2D eigenvalue weighted by Crippen LogP contribution is -2.33. The maximum atomic E-state index is 14.5. The summed E-state index contributed by atoms with van der Waals surface area (Å²) >= 11 is 0. The molecule has 0 spiro atoms. The normalized spacial score (nSPS) is 15.4. The lowest BCUT2D eigenvalue weighted by Gasteiger charge is -2.19. The smallest absolute Gasteiger partial charge is 0.282 e. The topological polar surface area (TPSA) is 67.9 Å². The van der Waals surface area contributed by atoms with Gasteiger partial charge >= 0.3 is 0 Å². The second-order valence-corrected chi connectivity index (χ2v) is 7.50. The number of aryl methyl sites for hydroxylation is 1. The summed E-state index contributed by atoms with van der Waals surface area (Å²) in [6.45, 7) is 2.82. The van der Waals surface area contributed by atoms with Gasteiger partial charge in [-0.1, -0.05) is 42.0 Å². The number of halogens is 1. The van der Waals surface area contributed by atoms with Crippen LogP contribution in [0.1, 0.15) is 11.1 Å². The van der Waals surface area contributed by atoms with Crippen molar-refractivity contribution in [2.75, 3.05) is 23.4 Å². The summed E-state index contributed by atoms with van der Waals surface area (Å²) in [6.07, 6.45) is 0. The molecular formula is C25H19FN2O4. The molecule has 0 unspecified atom stereocenters. The van der Waals surface area contributed by atoms with Crippen molar-refractivity contribution in [3.8, 4) is 11.5 Å². The Morgan fingerprint density at radius 1 is 0.875 bits per heavy atom. The number of para-hydroxylation sites is 1. The van der Waals surface area contributed by atoms with E-state index in [0.29, 0.717) is 36.0 Å². The number of carbonyl (C=O) groups excluding carboxylic acids is 2. The van der Waals surface area contributed by atoms with Crippen molar-refractivity contribution < 1.29 is 23.5 Å². The number of rotatable bonds is 4. The molecule has 0 fully saturated rings. The summed E-state index contributed by atoms with van der Waals surface area (Å²) in [6, 6.07) is 18.1. The maximum Gasteiger partial charge on any atom is 0.282 e. The molecule has 3 aromatic carbocycles. The van der Waals surface area contributed by atoms with Crippen LogP contribution in [0.4, 0.5) is 15.8 Å². The Morgan fingerprint density at radius 3 is 2.34 bits per heavy atom. The van der Waals surface area contributed by atoms with E-state index in [1.807, 2.05) is 19.1 Å². The lowest BCUT2D eigenvalue weighted by molar-refractivity contribution is -0.120. The first-order chi connectivity index (χ1) is 15.5. The standard InChI is InChI=1S/C25H19FN2O4/c1-15-6-8-16(9-7-15)22-23(27-17-10-11-20-21(14-17)32-13-12-31-20)25(30)28(24(22)29)19-5-3-2-4-18(19)26/h2-11,14,27H,12-13H2,1H3. The predicted octanol–water partition coefficient (Wildman–Crippen LogP) is 4.30. The number of benzene rings is 3. The summed E-state index contributed by atoms with van der Waals surface area (Å²) in [5, 5.41) is 3.06. The Balaban J connectivity index is 1.60. The van der Waals surface area contributed by atoms with E-state index < -0.39 is 17.6 Å². The van der Waals surface area contributed by atoms with E-state index in [0.717, 1.165) is 10.5 Å². The van der Waals surface area contributed by atoms with Crippen molar-refractivity contribution in [2.45, 2.75) is 6.92 Å². The van der Waals surface area contributed by atoms with Crippen molar-refractivity contribution in [2.24, 2.45) is 0 Å². The number of hydrogen-bond acceptors (Lipinski definition) is 5. The number of nitrogens with zero attached hydrogens (tertiary/aromatic N) is 1. The zero-order valence-corrected chi connectivity index (χ0v) is 17.2. The number of amides is 2. The monoisotopic (exact) mass is 430 g/mol. The average Bonchev–Trinajstić information content (AvgIpc) is 3.04. The molecule has 0 saturated heterocycles. The molecule has 160 valence electrons. The molecule has 6 nitrogen and oxygen atoms in total. The van der Waals surface area contributed by atoms with Crippen LogP contribution in [0, 0.1) is 12.7 Å². The molecule has 1 N–H and O–H groups in total. The van der Waals surface area contributed by atoms with Gasteiger partial charge in [-0.3, -0.25) is 9.59 Å². The van der Waals surface area contributed by atoms with Gasteiger partial charge in [0.15, 0.2) is 11.5 Å². The van der Waals surface area contributed by atoms with Crippen LogP contribution >= 0.6 is 0 Å². The van der Waals surface area contributed by atoms with Crippen molar-refractivity contribution in [3.05, 3.63) is 89.4 Å². The van der Waals surface area contributed by atoms with E-state index in [1.54, 1.807) is 36.4 Å². The molecule has 32 heavy (non-hydrogen) atoms. The highest BCUT2D eigenvalue weighted by molar-refractivity contribution is 6.46. The van der Waals surface area contributed by atoms with E-state index in [2.05, 4.69) is 5.32 Å². The van der Waals surface area contributed by atoms with Gasteiger partial charge in [-0.2, -0.15) is 0 Å². The molecule has 7 heteroatoms. The van der Waals surface area contributed by atoms with Crippen LogP contribution in [-0.2, 0) is 9.59 Å². The fourth-order valence-corrected chi connectivity index (χ4v) is 3.75. The largest absolute Gasteiger partial charge is 0.486 e. The van der Waals surface area contributed by atoms with Gasteiger partial charge in [0.2, 0.25) is 0 Å². The highest BCUT2D eigenvalue weighted by Crippen LogP contribution is 2.37. The van der Waals surface area contributed by atoms with Crippen LogP contribution in [0.15, 0.2) is 72.4 Å². The number of anilines is 2. The fraction of sp³-hybridized carbons (Fsp3) is 0.120. The Kier molecular flexibility index (Phi) is 4.86. The second kappa shape index (κ2) is 7.85. The van der Waals surface area contributed by atoms with Crippen molar-refractivity contribution >= 4 is 28.8 Å². The predicted molar refractivity (Wildman–Crippen MR) is 118 cm³/mol. The molecule has 5 rings (SSSR count). The van der Waals surface area contributed by atoms with Gasteiger partial charge in [0, 0.05) is 11.8 Å². The van der Waals surface area contributed by atoms with E-state index in [1.165, 1.54) is 18.2 Å². The number of hydrogen-bond donors (Lipinski definition) is 1. The van der Waals surface area contributed by atoms with Gasteiger partial charge in [0.25, 0.3) is 11.8 Å². The van der Waals surface area contributed by atoms with Gasteiger partial charge in [-0.25, -0.2) is 9.29 Å². The Hall–Kier alpha value is -4.13. The average molecular weight is 430 g/mol. The van der Waals surface area contributed by atoms with Gasteiger partial charge in [0.05, 0.1) is 11.3 Å². The van der Waals surface area contributed by atoms with E-state index in [-0.39, 0.29) is 17.0 Å². The number of carbonyl (C=O) groups is 2. The van der Waals surface area contributed by atoms with E-state index >= 15 is 0 Å². The minimum Gasteiger partial charge on any atom is -0.486 e. The second-order valence-electron chi connectivity index (χ2n) is 7.50. The van der Waals surface area contributed by atoms with Crippen molar-refractivity contribution in [3.63, 3.8) is 0 Å². The number of imide groups is 1. The minimum absolute atomic E-state index is 0.0683. The molecule has 2 aliphatic rings. The highest BCUT2D eigenvalue weighted by atomic mass is 19.1. The maximum absolute atomic E-state index is 14.5. The molecule has 0 radical (unpaired) electrons. The first-order valence-corrected chi connectivity index (χ1v) is 10.1. The highest BCUT2D eigenvalue weighted by Gasteiger charge is 2.41. The van der Waals surface area contributed by atoms with Gasteiger partial charge in [-0.05, 0) is 36.8 Å². The van der Waals surface area contributed by atoms with Crippen LogP contribution in [-0.4, -0.2) is 25.0 Å². The van der Waals surface area contributed by atoms with Crippen LogP contribution in [0.3, 0.4) is 0 Å². The molecule has 0 aliphatic carbocycles. The van der Waals surface area contributed by atoms with Crippen molar-refractivity contribution in [1.82, 2.24) is 0 Å². The van der Waals surface area contributed by atoms with Crippen LogP contribution < -0.4 is 19.7 Å². The Bertz CT molecular complexity index is 1270. The fourth-order valence-electron chi connectivity index (χ4n) is 3.75. The Morgan fingerprint density at radius 2 is 1.59 bits per heavy atom. The summed E-state index contributed by atoms with van der Waals surface area (Å²) < 4.78 is 25.7. The molecule has 0 aromatic heterocycles. The van der Waals surface area contributed by atoms with Crippen LogP contribution in [0.5, 0.6) is 11.5 Å². The van der Waals surface area contributed by atoms with Crippen LogP contribution in [0.25, 0.3) is 5.57 Å². The number of fused-ring (bicyclic) bond motifs is 1. The molecule has 3 aromatic rings. The summed E-state index contributed by atoms with van der Waals surface area (Å²) in [7, 11) is 0. The van der Waals surface area contributed by atoms with Gasteiger partial charge < -0.3 is 14.8 Å². The molecule has 0 saturated carbocycles. The third-order valence-corrected chi connectivity index (χ3v) is 5.33. The molecule has 2 heterocycles. The Labute approximate surface area is 183 Å². The zero-order valence-electron chi connectivity index (χ0n) is 17.2. The zero-order chi connectivity index (χ0) is 22.2. The SMILES string of the molecule is Cc1ccc(C2=C(Nc3ccc4c(c3)OCCO4)C(=O)N(c3ccccc3F)C2=O)cc1. The third kappa shape index (κ3) is 3.37. The van der Waals surface area contributed by atoms with Crippen LogP contribution in [0.2, 0.25) is 0 Å².